The molecule has 2 aliphatic carbocycles. The van der Waals surface area contributed by atoms with Gasteiger partial charge in [-0.1, -0.05) is 32.1 Å². The van der Waals surface area contributed by atoms with Crippen LogP contribution in [0.1, 0.15) is 40.0 Å². The summed E-state index contributed by atoms with van der Waals surface area (Å²) in [5.74, 6) is 0.636. The van der Waals surface area contributed by atoms with Crippen molar-refractivity contribution in [1.82, 2.24) is 0 Å². The minimum atomic E-state index is -0.657. The molecule has 2 saturated carbocycles. The first-order chi connectivity index (χ1) is 6.93. The molecular formula is C14H22O. The Morgan fingerprint density at radius 2 is 2.07 bits per heavy atom. The second-order valence-corrected chi connectivity index (χ2v) is 5.76. The van der Waals surface area contributed by atoms with Gasteiger partial charge in [0.1, 0.15) is 0 Å². The lowest BCUT2D eigenvalue weighted by atomic mass is 9.63. The van der Waals surface area contributed by atoms with Crippen LogP contribution in [0.5, 0.6) is 0 Å². The summed E-state index contributed by atoms with van der Waals surface area (Å²) in [6, 6.07) is 0. The Kier molecular flexibility index (Phi) is 2.17. The molecule has 0 aliphatic heterocycles. The molecule has 0 unspecified atom stereocenters. The molecule has 15 heavy (non-hydrogen) atoms. The van der Waals surface area contributed by atoms with Crippen LogP contribution < -0.4 is 0 Å². The molecule has 0 aromatic heterocycles. The first-order valence-electron chi connectivity index (χ1n) is 5.93. The average Bonchev–Trinajstić information content (AvgIpc) is 2.49. The van der Waals surface area contributed by atoms with Gasteiger partial charge in [0.25, 0.3) is 0 Å². The van der Waals surface area contributed by atoms with Crippen LogP contribution in [-0.2, 0) is 0 Å². The van der Waals surface area contributed by atoms with E-state index in [-0.39, 0.29) is 10.8 Å². The number of aliphatic hydroxyl groups is 1. The molecule has 1 nitrogen and oxygen atoms in total. The van der Waals surface area contributed by atoms with Crippen molar-refractivity contribution in [3.05, 3.63) is 24.8 Å². The van der Waals surface area contributed by atoms with Crippen molar-refractivity contribution in [2.45, 2.75) is 45.6 Å². The van der Waals surface area contributed by atoms with Crippen LogP contribution in [0, 0.1) is 16.7 Å². The Labute approximate surface area is 92.9 Å². The van der Waals surface area contributed by atoms with E-state index in [2.05, 4.69) is 20.4 Å². The number of hydrogen-bond acceptors (Lipinski definition) is 1. The first-order valence-corrected chi connectivity index (χ1v) is 5.93. The normalized spacial score (nSPS) is 47.6. The second kappa shape index (κ2) is 2.98. The molecule has 0 heterocycles. The third-order valence-corrected chi connectivity index (χ3v) is 5.18. The van der Waals surface area contributed by atoms with Crippen LogP contribution in [0.15, 0.2) is 24.8 Å². The molecule has 0 amide bonds. The fourth-order valence-electron chi connectivity index (χ4n) is 4.17. The molecule has 2 aliphatic rings. The van der Waals surface area contributed by atoms with Gasteiger partial charge in [-0.2, -0.15) is 0 Å². The van der Waals surface area contributed by atoms with Crippen molar-refractivity contribution in [1.29, 1.82) is 0 Å². The molecule has 3 atom stereocenters. The fraction of sp³-hybridized carbons (Fsp3) is 0.714. The van der Waals surface area contributed by atoms with E-state index in [0.717, 1.165) is 12.8 Å². The second-order valence-electron chi connectivity index (χ2n) is 5.76. The summed E-state index contributed by atoms with van der Waals surface area (Å²) in [4.78, 5) is 0. The van der Waals surface area contributed by atoms with E-state index in [1.807, 2.05) is 25.2 Å². The first kappa shape index (κ1) is 10.9. The van der Waals surface area contributed by atoms with Crippen LogP contribution in [0.4, 0.5) is 0 Å². The molecule has 0 aromatic rings. The van der Waals surface area contributed by atoms with Gasteiger partial charge in [-0.25, -0.2) is 0 Å². The maximum atomic E-state index is 10.8. The summed E-state index contributed by atoms with van der Waals surface area (Å²) in [6.45, 7) is 10.5. The molecule has 2 rings (SSSR count). The molecule has 1 heteroatoms. The standard InChI is InChI=1S/C14H22O/c1-5-8-14(15)10-11-7-9-13(14,6-2)12(11,3)4/h5-6,8,11,15H,2,7,9-10H2,1,3-4H3/b8-5-/t11-,13-,14-/m1/s1. The van der Waals surface area contributed by atoms with Gasteiger partial charge in [-0.3, -0.25) is 0 Å². The Balaban J connectivity index is 2.53. The van der Waals surface area contributed by atoms with E-state index < -0.39 is 5.60 Å². The smallest absolute Gasteiger partial charge is 0.0925 e. The maximum absolute atomic E-state index is 10.8. The van der Waals surface area contributed by atoms with Crippen LogP contribution in [0.3, 0.4) is 0 Å². The molecule has 0 spiro atoms. The number of allylic oxidation sites excluding steroid dienone is 1. The van der Waals surface area contributed by atoms with Gasteiger partial charge in [0.15, 0.2) is 0 Å². The van der Waals surface area contributed by atoms with Crippen molar-refractivity contribution in [2.75, 3.05) is 0 Å². The zero-order valence-electron chi connectivity index (χ0n) is 10.1. The number of fused-ring (bicyclic) bond motifs is 2. The van der Waals surface area contributed by atoms with Crippen molar-refractivity contribution in [3.8, 4) is 0 Å². The van der Waals surface area contributed by atoms with Crippen LogP contribution in [-0.4, -0.2) is 10.7 Å². The Morgan fingerprint density at radius 3 is 2.53 bits per heavy atom. The average molecular weight is 206 g/mol. The van der Waals surface area contributed by atoms with E-state index in [4.69, 9.17) is 0 Å². The third kappa shape index (κ3) is 1.02. The molecule has 2 bridgehead atoms. The Bertz CT molecular complexity index is 315. The monoisotopic (exact) mass is 206 g/mol. The van der Waals surface area contributed by atoms with E-state index in [9.17, 15) is 5.11 Å². The van der Waals surface area contributed by atoms with Crippen molar-refractivity contribution >= 4 is 0 Å². The summed E-state index contributed by atoms with van der Waals surface area (Å²) >= 11 is 0. The highest BCUT2D eigenvalue weighted by molar-refractivity contribution is 5.30. The summed E-state index contributed by atoms with van der Waals surface area (Å²) in [5.41, 5.74) is -0.587. The van der Waals surface area contributed by atoms with Crippen molar-refractivity contribution in [3.63, 3.8) is 0 Å². The molecule has 0 radical (unpaired) electrons. The highest BCUT2D eigenvalue weighted by Gasteiger charge is 2.68. The third-order valence-electron chi connectivity index (χ3n) is 5.18. The lowest BCUT2D eigenvalue weighted by Gasteiger charge is -2.44. The van der Waals surface area contributed by atoms with Crippen molar-refractivity contribution in [2.24, 2.45) is 16.7 Å². The fourth-order valence-corrected chi connectivity index (χ4v) is 4.17. The predicted octanol–water partition coefficient (Wildman–Crippen LogP) is 3.31. The molecule has 0 aromatic carbocycles. The van der Waals surface area contributed by atoms with Gasteiger partial charge >= 0.3 is 0 Å². The largest absolute Gasteiger partial charge is 0.385 e. The summed E-state index contributed by atoms with van der Waals surface area (Å²) in [6.07, 6.45) is 9.18. The SMILES string of the molecule is C=C[C@]12CC[C@H](C[C@]1(O)/C=C\C)C2(C)C. The lowest BCUT2D eigenvalue weighted by Crippen LogP contribution is -2.46. The Morgan fingerprint density at radius 1 is 1.40 bits per heavy atom. The molecular weight excluding hydrogens is 184 g/mol. The molecule has 84 valence electrons. The summed E-state index contributed by atoms with van der Waals surface area (Å²) < 4.78 is 0. The van der Waals surface area contributed by atoms with Crippen LogP contribution >= 0.6 is 0 Å². The minimum absolute atomic E-state index is 0.114. The van der Waals surface area contributed by atoms with Gasteiger partial charge in [0.05, 0.1) is 5.60 Å². The topological polar surface area (TPSA) is 20.2 Å². The van der Waals surface area contributed by atoms with Gasteiger partial charge in [-0.15, -0.1) is 6.58 Å². The minimum Gasteiger partial charge on any atom is -0.385 e. The van der Waals surface area contributed by atoms with Crippen LogP contribution in [0.25, 0.3) is 0 Å². The zero-order chi connectivity index (χ0) is 11.3. The van der Waals surface area contributed by atoms with Gasteiger partial charge in [-0.05, 0) is 37.5 Å². The van der Waals surface area contributed by atoms with E-state index in [1.165, 1.54) is 6.42 Å². The lowest BCUT2D eigenvalue weighted by molar-refractivity contribution is -0.0304. The predicted molar refractivity (Wildman–Crippen MR) is 63.5 cm³/mol. The molecule has 0 saturated heterocycles. The highest BCUT2D eigenvalue weighted by atomic mass is 16.3. The van der Waals surface area contributed by atoms with Gasteiger partial charge in [0.2, 0.25) is 0 Å². The number of rotatable bonds is 2. The van der Waals surface area contributed by atoms with Crippen LogP contribution in [0.2, 0.25) is 0 Å². The van der Waals surface area contributed by atoms with E-state index >= 15 is 0 Å². The zero-order valence-corrected chi connectivity index (χ0v) is 10.1. The number of hydrogen-bond donors (Lipinski definition) is 1. The molecule has 2 fully saturated rings. The molecule has 1 N–H and O–H groups in total. The van der Waals surface area contributed by atoms with Gasteiger partial charge < -0.3 is 5.11 Å². The highest BCUT2D eigenvalue weighted by Crippen LogP contribution is 2.70. The van der Waals surface area contributed by atoms with Crippen molar-refractivity contribution < 1.29 is 5.11 Å². The quantitative estimate of drug-likeness (QED) is 0.687. The van der Waals surface area contributed by atoms with E-state index in [1.54, 1.807) is 0 Å². The van der Waals surface area contributed by atoms with Gasteiger partial charge in [0, 0.05) is 5.41 Å². The van der Waals surface area contributed by atoms with E-state index in [0.29, 0.717) is 5.92 Å². The summed E-state index contributed by atoms with van der Waals surface area (Å²) in [7, 11) is 0. The summed E-state index contributed by atoms with van der Waals surface area (Å²) in [5, 5.41) is 10.8. The maximum Gasteiger partial charge on any atom is 0.0925 e. The Hall–Kier alpha value is -0.560.